The van der Waals surface area contributed by atoms with Gasteiger partial charge in [0.1, 0.15) is 0 Å². The van der Waals surface area contributed by atoms with Gasteiger partial charge >= 0.3 is 0 Å². The second-order valence-electron chi connectivity index (χ2n) is 4.16. The zero-order chi connectivity index (χ0) is 13.1. The van der Waals surface area contributed by atoms with Crippen LogP contribution in [0.1, 0.15) is 32.1 Å². The van der Waals surface area contributed by atoms with Crippen LogP contribution in [0.5, 0.6) is 0 Å². The molecule has 1 rings (SSSR count). The maximum atomic E-state index is 12.1. The van der Waals surface area contributed by atoms with E-state index >= 15 is 0 Å². The van der Waals surface area contributed by atoms with E-state index in [-0.39, 0.29) is 23.5 Å². The van der Waals surface area contributed by atoms with Gasteiger partial charge in [0, 0.05) is 10.9 Å². The molecular weight excluding hydrogens is 258 g/mol. The predicted molar refractivity (Wildman–Crippen MR) is 69.5 cm³/mol. The van der Waals surface area contributed by atoms with Crippen molar-refractivity contribution >= 4 is 21.4 Å². The average molecular weight is 277 g/mol. The molecule has 1 aromatic heterocycles. The van der Waals surface area contributed by atoms with Crippen molar-refractivity contribution in [2.24, 2.45) is 5.92 Å². The van der Waals surface area contributed by atoms with Crippen LogP contribution in [0.2, 0.25) is 0 Å². The van der Waals surface area contributed by atoms with Gasteiger partial charge in [0.05, 0.1) is 11.5 Å². The quantitative estimate of drug-likeness (QED) is 0.835. The monoisotopic (exact) mass is 277 g/mol. The topological polar surface area (TPSA) is 66.4 Å². The lowest BCUT2D eigenvalue weighted by Gasteiger charge is -2.19. The Labute approximate surface area is 107 Å². The summed E-state index contributed by atoms with van der Waals surface area (Å²) in [4.78, 5) is 0.675. The van der Waals surface area contributed by atoms with Crippen molar-refractivity contribution in [1.29, 1.82) is 0 Å². The molecule has 2 N–H and O–H groups in total. The molecule has 17 heavy (non-hydrogen) atoms. The zero-order valence-corrected chi connectivity index (χ0v) is 11.9. The minimum absolute atomic E-state index is 0.114. The van der Waals surface area contributed by atoms with Crippen molar-refractivity contribution in [1.82, 2.24) is 4.72 Å². The first-order valence-corrected chi connectivity index (χ1v) is 7.98. The molecule has 0 saturated heterocycles. The molecule has 2 atom stereocenters. The second kappa shape index (κ2) is 5.95. The van der Waals surface area contributed by atoms with Crippen LogP contribution in [0.3, 0.4) is 0 Å². The van der Waals surface area contributed by atoms with Gasteiger partial charge in [-0.2, -0.15) is 0 Å². The lowest BCUT2D eigenvalue weighted by atomic mass is 10.0. The number of rotatable bonds is 6. The summed E-state index contributed by atoms with van der Waals surface area (Å²) in [6.07, 6.45) is 0.917. The predicted octanol–water partition coefficient (Wildman–Crippen LogP) is 1.95. The van der Waals surface area contributed by atoms with E-state index in [0.29, 0.717) is 4.88 Å². The van der Waals surface area contributed by atoms with Crippen LogP contribution in [-0.4, -0.2) is 19.6 Å². The van der Waals surface area contributed by atoms with Gasteiger partial charge in [-0.05, 0) is 24.3 Å². The maximum absolute atomic E-state index is 12.1. The highest BCUT2D eigenvalue weighted by Crippen LogP contribution is 2.22. The molecule has 4 nitrogen and oxygen atoms in total. The Morgan fingerprint density at radius 3 is 2.65 bits per heavy atom. The summed E-state index contributed by atoms with van der Waals surface area (Å²) in [6, 6.07) is 1.42. The molecule has 0 radical (unpaired) electrons. The van der Waals surface area contributed by atoms with Gasteiger partial charge in [-0.15, -0.1) is 11.3 Å². The van der Waals surface area contributed by atoms with E-state index in [1.807, 2.05) is 20.8 Å². The Morgan fingerprint density at radius 1 is 1.47 bits per heavy atom. The number of aliphatic hydroxyl groups excluding tert-OH is 1. The number of aliphatic hydroxyl groups is 1. The fourth-order valence-corrected chi connectivity index (χ4v) is 4.11. The van der Waals surface area contributed by atoms with Crippen LogP contribution in [0.4, 0.5) is 0 Å². The van der Waals surface area contributed by atoms with Crippen molar-refractivity contribution < 1.29 is 13.5 Å². The Kier molecular flexibility index (Phi) is 5.12. The van der Waals surface area contributed by atoms with Crippen LogP contribution in [0.25, 0.3) is 0 Å². The number of sulfonamides is 1. The van der Waals surface area contributed by atoms with E-state index in [0.717, 1.165) is 6.42 Å². The third-order valence-electron chi connectivity index (χ3n) is 2.98. The summed E-state index contributed by atoms with van der Waals surface area (Å²) in [7, 11) is -3.51. The van der Waals surface area contributed by atoms with E-state index in [9.17, 15) is 8.42 Å². The Morgan fingerprint density at radius 2 is 2.12 bits per heavy atom. The molecule has 0 saturated carbocycles. The largest absolute Gasteiger partial charge is 0.391 e. The molecule has 0 amide bonds. The smallest absolute Gasteiger partial charge is 0.242 e. The van der Waals surface area contributed by atoms with Gasteiger partial charge < -0.3 is 5.11 Å². The first-order chi connectivity index (χ1) is 7.92. The average Bonchev–Trinajstić information content (AvgIpc) is 2.76. The van der Waals surface area contributed by atoms with E-state index in [2.05, 4.69) is 4.72 Å². The number of hydrogen-bond donors (Lipinski definition) is 2. The summed E-state index contributed by atoms with van der Waals surface area (Å²) in [5, 5.41) is 10.8. The normalized spacial score (nSPS) is 15.8. The molecule has 0 aliphatic carbocycles. The molecule has 2 unspecified atom stereocenters. The first-order valence-electron chi connectivity index (χ1n) is 5.62. The van der Waals surface area contributed by atoms with Crippen molar-refractivity contribution in [3.63, 3.8) is 0 Å². The molecule has 0 aliphatic heterocycles. The molecule has 0 fully saturated rings. The molecule has 6 heteroatoms. The minimum Gasteiger partial charge on any atom is -0.391 e. The summed E-state index contributed by atoms with van der Waals surface area (Å²) in [5.41, 5.74) is 0. The van der Waals surface area contributed by atoms with Gasteiger partial charge in [-0.25, -0.2) is 13.1 Å². The van der Waals surface area contributed by atoms with Gasteiger partial charge in [0.25, 0.3) is 0 Å². The van der Waals surface area contributed by atoms with E-state index in [4.69, 9.17) is 5.11 Å². The molecule has 0 spiro atoms. The standard InChI is InChI=1S/C11H19NO3S2/c1-4-8(2)9(3)12-17(14,15)11-5-6-16-10(11)7-13/h5-6,8-9,12-13H,4,7H2,1-3H3. The highest BCUT2D eigenvalue weighted by molar-refractivity contribution is 7.89. The van der Waals surface area contributed by atoms with Crippen LogP contribution in [-0.2, 0) is 16.6 Å². The fourth-order valence-electron chi connectivity index (χ4n) is 1.46. The zero-order valence-electron chi connectivity index (χ0n) is 10.3. The molecule has 1 heterocycles. The molecule has 0 aliphatic rings. The van der Waals surface area contributed by atoms with Crippen LogP contribution in [0, 0.1) is 5.92 Å². The third kappa shape index (κ3) is 3.51. The van der Waals surface area contributed by atoms with Gasteiger partial charge in [0.15, 0.2) is 0 Å². The number of thiophene rings is 1. The summed E-state index contributed by atoms with van der Waals surface area (Å²) < 4.78 is 26.8. The van der Waals surface area contributed by atoms with E-state index < -0.39 is 10.0 Å². The highest BCUT2D eigenvalue weighted by Gasteiger charge is 2.23. The Hall–Kier alpha value is -0.430. The maximum Gasteiger partial charge on any atom is 0.242 e. The molecule has 98 valence electrons. The van der Waals surface area contributed by atoms with Crippen molar-refractivity contribution in [2.45, 2.75) is 44.7 Å². The van der Waals surface area contributed by atoms with Crippen molar-refractivity contribution in [2.75, 3.05) is 0 Å². The van der Waals surface area contributed by atoms with Gasteiger partial charge in [-0.3, -0.25) is 0 Å². The fraction of sp³-hybridized carbons (Fsp3) is 0.636. The second-order valence-corrected chi connectivity index (χ2v) is 6.84. The number of nitrogens with one attached hydrogen (secondary N) is 1. The van der Waals surface area contributed by atoms with E-state index in [1.165, 1.54) is 17.4 Å². The lowest BCUT2D eigenvalue weighted by Crippen LogP contribution is -2.37. The summed E-state index contributed by atoms with van der Waals surface area (Å²) in [5.74, 6) is 0.279. The molecular formula is C11H19NO3S2. The van der Waals surface area contributed by atoms with Gasteiger partial charge in [0.2, 0.25) is 10.0 Å². The lowest BCUT2D eigenvalue weighted by molar-refractivity contribution is 0.282. The molecule has 0 aromatic carbocycles. The number of hydrogen-bond acceptors (Lipinski definition) is 4. The first kappa shape index (κ1) is 14.6. The molecule has 1 aromatic rings. The van der Waals surface area contributed by atoms with E-state index in [1.54, 1.807) is 5.38 Å². The summed E-state index contributed by atoms with van der Waals surface area (Å²) >= 11 is 1.25. The minimum atomic E-state index is -3.51. The van der Waals surface area contributed by atoms with Crippen molar-refractivity contribution in [3.8, 4) is 0 Å². The van der Waals surface area contributed by atoms with Crippen LogP contribution >= 0.6 is 11.3 Å². The SMILES string of the molecule is CCC(C)C(C)NS(=O)(=O)c1ccsc1CO. The molecule has 0 bridgehead atoms. The van der Waals surface area contributed by atoms with Crippen molar-refractivity contribution in [3.05, 3.63) is 16.3 Å². The third-order valence-corrected chi connectivity index (χ3v) is 5.65. The highest BCUT2D eigenvalue weighted by atomic mass is 32.2. The van der Waals surface area contributed by atoms with Crippen LogP contribution < -0.4 is 4.72 Å². The summed E-state index contributed by atoms with van der Waals surface area (Å²) in [6.45, 7) is 5.65. The Balaban J connectivity index is 2.90. The van der Waals surface area contributed by atoms with Crippen LogP contribution in [0.15, 0.2) is 16.3 Å². The van der Waals surface area contributed by atoms with Gasteiger partial charge in [-0.1, -0.05) is 20.3 Å². The Bertz CT molecular complexity index is 453.